The first-order valence-corrected chi connectivity index (χ1v) is 7.49. The highest BCUT2D eigenvalue weighted by Crippen LogP contribution is 2.08. The number of aliphatic hydroxyl groups excluding tert-OH is 1. The van der Waals surface area contributed by atoms with Crippen LogP contribution in [0.4, 0.5) is 0 Å². The van der Waals surface area contributed by atoms with Crippen molar-refractivity contribution in [3.8, 4) is 0 Å². The molecule has 0 radical (unpaired) electrons. The van der Waals surface area contributed by atoms with E-state index < -0.39 is 0 Å². The summed E-state index contributed by atoms with van der Waals surface area (Å²) in [7, 11) is 3.41. The second-order valence-corrected chi connectivity index (χ2v) is 5.30. The molecule has 1 unspecified atom stereocenters. The SMILES string of the molecule is CCN(CCC(C)O)/C(N)=C(C)/C(=N\C)N[C@H](C)COC. The zero-order valence-electron chi connectivity index (χ0n) is 14.3. The molecule has 21 heavy (non-hydrogen) atoms. The normalized spacial score (nSPS) is 16.2. The Balaban J connectivity index is 4.95. The van der Waals surface area contributed by atoms with Crippen LogP contribution in [-0.4, -0.2) is 61.8 Å². The number of aliphatic hydroxyl groups is 1. The van der Waals surface area contributed by atoms with Crippen molar-refractivity contribution in [2.75, 3.05) is 33.9 Å². The fourth-order valence-electron chi connectivity index (χ4n) is 2.02. The number of nitrogens with one attached hydrogen (secondary N) is 1. The van der Waals surface area contributed by atoms with Gasteiger partial charge in [0.2, 0.25) is 0 Å². The van der Waals surface area contributed by atoms with Gasteiger partial charge in [0, 0.05) is 38.9 Å². The summed E-state index contributed by atoms with van der Waals surface area (Å²) in [5.41, 5.74) is 7.17. The number of nitrogens with zero attached hydrogens (tertiary/aromatic N) is 2. The second kappa shape index (κ2) is 10.5. The first kappa shape index (κ1) is 19.7. The highest BCUT2D eigenvalue weighted by atomic mass is 16.5. The minimum absolute atomic E-state index is 0.156. The van der Waals surface area contributed by atoms with E-state index in [0.717, 1.165) is 24.5 Å². The Labute approximate surface area is 129 Å². The maximum absolute atomic E-state index is 9.42. The van der Waals surface area contributed by atoms with Crippen LogP contribution in [0.3, 0.4) is 0 Å². The first-order chi connectivity index (χ1) is 9.87. The summed E-state index contributed by atoms with van der Waals surface area (Å²) in [6.45, 7) is 9.94. The lowest BCUT2D eigenvalue weighted by Crippen LogP contribution is -2.39. The van der Waals surface area contributed by atoms with Crippen LogP contribution >= 0.6 is 0 Å². The lowest BCUT2D eigenvalue weighted by molar-refractivity contribution is 0.167. The number of methoxy groups -OCH3 is 1. The number of hydrogen-bond donors (Lipinski definition) is 3. The molecule has 0 aliphatic rings. The van der Waals surface area contributed by atoms with Crippen LogP contribution in [0.2, 0.25) is 0 Å². The van der Waals surface area contributed by atoms with E-state index in [-0.39, 0.29) is 12.1 Å². The van der Waals surface area contributed by atoms with E-state index in [4.69, 9.17) is 10.5 Å². The fourth-order valence-corrected chi connectivity index (χ4v) is 2.02. The number of rotatable bonds is 9. The number of hydrogen-bond acceptors (Lipinski definition) is 5. The molecule has 0 amide bonds. The van der Waals surface area contributed by atoms with Gasteiger partial charge in [0.25, 0.3) is 0 Å². The molecular weight excluding hydrogens is 268 g/mol. The number of amidine groups is 1. The summed E-state index contributed by atoms with van der Waals surface area (Å²) in [4.78, 5) is 6.33. The third-order valence-corrected chi connectivity index (χ3v) is 3.30. The molecule has 0 bridgehead atoms. The van der Waals surface area contributed by atoms with Gasteiger partial charge in [-0.15, -0.1) is 0 Å². The van der Waals surface area contributed by atoms with Gasteiger partial charge < -0.3 is 25.8 Å². The monoisotopic (exact) mass is 300 g/mol. The van der Waals surface area contributed by atoms with Crippen molar-refractivity contribution in [1.29, 1.82) is 0 Å². The topological polar surface area (TPSA) is 83.1 Å². The van der Waals surface area contributed by atoms with Crippen molar-refractivity contribution in [2.45, 2.75) is 46.3 Å². The largest absolute Gasteiger partial charge is 0.393 e. The van der Waals surface area contributed by atoms with Crippen LogP contribution in [0.5, 0.6) is 0 Å². The van der Waals surface area contributed by atoms with E-state index in [1.807, 2.05) is 20.8 Å². The fraction of sp³-hybridized carbons (Fsp3) is 0.800. The Kier molecular flexibility index (Phi) is 9.82. The van der Waals surface area contributed by atoms with Gasteiger partial charge in [-0.1, -0.05) is 0 Å². The van der Waals surface area contributed by atoms with Gasteiger partial charge in [-0.05, 0) is 34.1 Å². The van der Waals surface area contributed by atoms with Crippen LogP contribution in [0.25, 0.3) is 0 Å². The molecule has 0 aliphatic heterocycles. The molecule has 0 aromatic heterocycles. The van der Waals surface area contributed by atoms with Crippen molar-refractivity contribution in [2.24, 2.45) is 10.7 Å². The zero-order chi connectivity index (χ0) is 16.4. The number of nitrogens with two attached hydrogens (primary N) is 1. The van der Waals surface area contributed by atoms with Gasteiger partial charge in [0.15, 0.2) is 0 Å². The average Bonchev–Trinajstić information content (AvgIpc) is 2.44. The van der Waals surface area contributed by atoms with Crippen molar-refractivity contribution in [1.82, 2.24) is 10.2 Å². The minimum Gasteiger partial charge on any atom is -0.393 e. The van der Waals surface area contributed by atoms with E-state index >= 15 is 0 Å². The third kappa shape index (κ3) is 7.34. The molecule has 0 rings (SSSR count). The van der Waals surface area contributed by atoms with Gasteiger partial charge >= 0.3 is 0 Å². The number of ether oxygens (including phenoxy) is 1. The van der Waals surface area contributed by atoms with Crippen LogP contribution in [-0.2, 0) is 4.74 Å². The molecule has 2 atom stereocenters. The third-order valence-electron chi connectivity index (χ3n) is 3.30. The summed E-state index contributed by atoms with van der Waals surface area (Å²) >= 11 is 0. The van der Waals surface area contributed by atoms with E-state index in [2.05, 4.69) is 15.2 Å². The Morgan fingerprint density at radius 3 is 2.48 bits per heavy atom. The standard InChI is InChI=1S/C15H32N4O2/c1-7-19(9-8-12(3)20)14(16)13(4)15(17-5)18-11(2)10-21-6/h11-12,20H,7-10,16H2,1-6H3,(H,17,18)/b14-13+/t11-,12?/m1/s1. The lowest BCUT2D eigenvalue weighted by Gasteiger charge is -2.27. The molecule has 0 saturated heterocycles. The van der Waals surface area contributed by atoms with Crippen molar-refractivity contribution >= 4 is 5.84 Å². The minimum atomic E-state index is -0.327. The summed E-state index contributed by atoms with van der Waals surface area (Å²) < 4.78 is 5.12. The van der Waals surface area contributed by atoms with Gasteiger partial charge in [-0.25, -0.2) is 0 Å². The van der Waals surface area contributed by atoms with Gasteiger partial charge in [0.1, 0.15) is 11.7 Å². The van der Waals surface area contributed by atoms with Gasteiger partial charge in [0.05, 0.1) is 12.7 Å². The maximum Gasteiger partial charge on any atom is 0.127 e. The predicted octanol–water partition coefficient (Wildman–Crippen LogP) is 0.922. The summed E-state index contributed by atoms with van der Waals surface area (Å²) in [5, 5.41) is 12.7. The Hall–Kier alpha value is -1.27. The van der Waals surface area contributed by atoms with E-state index in [1.54, 1.807) is 21.1 Å². The Bertz CT molecular complexity index is 354. The van der Waals surface area contributed by atoms with Crippen LogP contribution in [0.1, 0.15) is 34.1 Å². The van der Waals surface area contributed by atoms with Crippen LogP contribution < -0.4 is 11.1 Å². The molecule has 0 aromatic carbocycles. The van der Waals surface area contributed by atoms with Crippen LogP contribution in [0.15, 0.2) is 16.4 Å². The molecule has 0 aromatic rings. The smallest absolute Gasteiger partial charge is 0.127 e. The molecule has 4 N–H and O–H groups in total. The molecule has 0 heterocycles. The predicted molar refractivity (Wildman–Crippen MR) is 88.3 cm³/mol. The molecule has 0 aliphatic carbocycles. The highest BCUT2D eigenvalue weighted by molar-refractivity contribution is 5.98. The second-order valence-electron chi connectivity index (χ2n) is 5.30. The van der Waals surface area contributed by atoms with E-state index in [1.165, 1.54) is 0 Å². The zero-order valence-corrected chi connectivity index (χ0v) is 14.3. The Morgan fingerprint density at radius 1 is 1.43 bits per heavy atom. The van der Waals surface area contributed by atoms with E-state index in [9.17, 15) is 5.11 Å². The van der Waals surface area contributed by atoms with Gasteiger partial charge in [-0.2, -0.15) is 0 Å². The molecule has 0 fully saturated rings. The molecular formula is C15H32N4O2. The first-order valence-electron chi connectivity index (χ1n) is 7.49. The molecule has 6 heteroatoms. The molecule has 124 valence electrons. The van der Waals surface area contributed by atoms with E-state index in [0.29, 0.717) is 18.8 Å². The van der Waals surface area contributed by atoms with Crippen molar-refractivity contribution in [3.05, 3.63) is 11.4 Å². The van der Waals surface area contributed by atoms with Gasteiger partial charge in [-0.3, -0.25) is 4.99 Å². The number of aliphatic imine (C=N–C) groups is 1. The maximum atomic E-state index is 9.42. The summed E-state index contributed by atoms with van der Waals surface area (Å²) in [6.07, 6.45) is 0.361. The van der Waals surface area contributed by atoms with Crippen molar-refractivity contribution in [3.63, 3.8) is 0 Å². The quantitative estimate of drug-likeness (QED) is 0.436. The lowest BCUT2D eigenvalue weighted by atomic mass is 10.2. The molecule has 0 spiro atoms. The molecule has 0 saturated carbocycles. The summed E-state index contributed by atoms with van der Waals surface area (Å²) in [6, 6.07) is 0.156. The highest BCUT2D eigenvalue weighted by Gasteiger charge is 2.14. The molecule has 6 nitrogen and oxygen atoms in total. The summed E-state index contributed by atoms with van der Waals surface area (Å²) in [5.74, 6) is 1.46. The van der Waals surface area contributed by atoms with Crippen molar-refractivity contribution < 1.29 is 9.84 Å². The Morgan fingerprint density at radius 2 is 2.05 bits per heavy atom. The average molecular weight is 300 g/mol. The van der Waals surface area contributed by atoms with Crippen LogP contribution in [0, 0.1) is 0 Å².